The maximum absolute atomic E-state index is 13.5. The lowest BCUT2D eigenvalue weighted by Crippen LogP contribution is -2.51. The van der Waals surface area contributed by atoms with Crippen LogP contribution in [0.2, 0.25) is 5.02 Å². The molecule has 0 radical (unpaired) electrons. The first-order valence-corrected chi connectivity index (χ1v) is 12.6. The number of nitrogens with zero attached hydrogens (tertiary/aromatic N) is 1. The summed E-state index contributed by atoms with van der Waals surface area (Å²) in [6.07, 6.45) is 1.07. The van der Waals surface area contributed by atoms with Crippen LogP contribution in [-0.2, 0) is 27.3 Å². The Morgan fingerprint density at radius 2 is 1.58 bits per heavy atom. The van der Waals surface area contributed by atoms with Gasteiger partial charge in [0.15, 0.2) is 6.61 Å². The minimum absolute atomic E-state index is 0.180. The molecule has 7 heteroatoms. The number of amides is 2. The third-order valence-electron chi connectivity index (χ3n) is 5.61. The summed E-state index contributed by atoms with van der Waals surface area (Å²) in [6.45, 7) is 3.67. The Hall–Kier alpha value is -3.35. The van der Waals surface area contributed by atoms with Gasteiger partial charge >= 0.3 is 0 Å². The summed E-state index contributed by atoms with van der Waals surface area (Å²) in [5, 5.41) is 3.60. The Morgan fingerprint density at radius 3 is 2.25 bits per heavy atom. The molecule has 36 heavy (non-hydrogen) atoms. The van der Waals surface area contributed by atoms with Crippen LogP contribution >= 0.6 is 11.6 Å². The zero-order chi connectivity index (χ0) is 25.6. The lowest BCUT2D eigenvalue weighted by molar-refractivity contribution is -0.142. The summed E-state index contributed by atoms with van der Waals surface area (Å²) in [5.74, 6) is 0.105. The predicted octanol–water partition coefficient (Wildman–Crippen LogP) is 4.90. The third kappa shape index (κ3) is 9.02. The summed E-state index contributed by atoms with van der Waals surface area (Å²) in [5.41, 5.74) is 1.83. The largest absolute Gasteiger partial charge is 0.484 e. The van der Waals surface area contributed by atoms with Gasteiger partial charge in [-0.1, -0.05) is 72.3 Å². The molecule has 0 heterocycles. The number of hydrogen-bond donors (Lipinski definition) is 1. The summed E-state index contributed by atoms with van der Waals surface area (Å²) >= 11 is 6.07. The van der Waals surface area contributed by atoms with Gasteiger partial charge in [0.1, 0.15) is 11.8 Å². The first-order valence-electron chi connectivity index (χ1n) is 12.2. The predicted molar refractivity (Wildman–Crippen MR) is 142 cm³/mol. The summed E-state index contributed by atoms with van der Waals surface area (Å²) < 4.78 is 11.1. The fraction of sp³-hybridized carbons (Fsp3) is 0.310. The molecule has 0 saturated carbocycles. The van der Waals surface area contributed by atoms with Gasteiger partial charge in [-0.15, -0.1) is 0 Å². The van der Waals surface area contributed by atoms with Gasteiger partial charge in [0.2, 0.25) is 5.91 Å². The first kappa shape index (κ1) is 27.2. The van der Waals surface area contributed by atoms with Crippen molar-refractivity contribution >= 4 is 23.4 Å². The maximum atomic E-state index is 13.5. The van der Waals surface area contributed by atoms with Crippen LogP contribution in [0.4, 0.5) is 0 Å². The van der Waals surface area contributed by atoms with Crippen LogP contribution in [-0.4, -0.2) is 49.1 Å². The minimum atomic E-state index is -0.720. The molecule has 190 valence electrons. The second-order valence-corrected chi connectivity index (χ2v) is 8.73. The van der Waals surface area contributed by atoms with Gasteiger partial charge in [0.05, 0.1) is 0 Å². The van der Waals surface area contributed by atoms with E-state index in [0.717, 1.165) is 11.1 Å². The average molecular weight is 509 g/mol. The summed E-state index contributed by atoms with van der Waals surface area (Å²) in [4.78, 5) is 28.5. The van der Waals surface area contributed by atoms with Crippen LogP contribution in [0.3, 0.4) is 0 Å². The van der Waals surface area contributed by atoms with E-state index >= 15 is 0 Å². The van der Waals surface area contributed by atoms with Crippen LogP contribution in [0, 0.1) is 0 Å². The maximum Gasteiger partial charge on any atom is 0.261 e. The van der Waals surface area contributed by atoms with Crippen LogP contribution in [0.1, 0.15) is 24.5 Å². The lowest BCUT2D eigenvalue weighted by atomic mass is 10.0. The number of halogens is 1. The van der Waals surface area contributed by atoms with Gasteiger partial charge in [0.25, 0.3) is 5.91 Å². The van der Waals surface area contributed by atoms with E-state index in [1.807, 2.05) is 67.6 Å². The fourth-order valence-electron chi connectivity index (χ4n) is 3.73. The molecule has 0 aliphatic rings. The van der Waals surface area contributed by atoms with Gasteiger partial charge in [-0.2, -0.15) is 0 Å². The van der Waals surface area contributed by atoms with Crippen LogP contribution in [0.5, 0.6) is 5.75 Å². The highest BCUT2D eigenvalue weighted by Crippen LogP contribution is 2.18. The van der Waals surface area contributed by atoms with Gasteiger partial charge in [-0.25, -0.2) is 0 Å². The number of ether oxygens (including phenoxy) is 2. The van der Waals surface area contributed by atoms with Crippen molar-refractivity contribution in [2.75, 3.05) is 26.4 Å². The molecule has 6 nitrogen and oxygen atoms in total. The first-order chi connectivity index (χ1) is 17.6. The SMILES string of the molecule is CCOCCCNC(=O)[C@@H](Cc1ccccc1)N(Cc1ccc(Cl)cc1)C(=O)COc1ccccc1. The molecule has 1 N–H and O–H groups in total. The molecular formula is C29H33ClN2O4. The molecule has 0 saturated heterocycles. The number of carbonyl (C=O) groups excluding carboxylic acids is 2. The molecule has 2 amide bonds. The fourth-order valence-corrected chi connectivity index (χ4v) is 3.86. The van der Waals surface area contributed by atoms with Crippen LogP contribution in [0.25, 0.3) is 0 Å². The van der Waals surface area contributed by atoms with Crippen molar-refractivity contribution in [1.29, 1.82) is 0 Å². The number of nitrogens with one attached hydrogen (secondary N) is 1. The Bertz CT molecular complexity index is 1060. The van der Waals surface area contributed by atoms with Gasteiger partial charge in [0, 0.05) is 37.7 Å². The normalized spacial score (nSPS) is 11.5. The van der Waals surface area contributed by atoms with Crippen LogP contribution < -0.4 is 10.1 Å². The average Bonchev–Trinajstić information content (AvgIpc) is 2.91. The number of benzene rings is 3. The molecular weight excluding hydrogens is 476 g/mol. The molecule has 0 spiro atoms. The highest BCUT2D eigenvalue weighted by Gasteiger charge is 2.30. The zero-order valence-corrected chi connectivity index (χ0v) is 21.3. The molecule has 0 bridgehead atoms. The van der Waals surface area contributed by atoms with Crippen LogP contribution in [0.15, 0.2) is 84.9 Å². The molecule has 3 aromatic carbocycles. The highest BCUT2D eigenvalue weighted by atomic mass is 35.5. The van der Waals surface area contributed by atoms with E-state index in [9.17, 15) is 9.59 Å². The Morgan fingerprint density at radius 1 is 0.917 bits per heavy atom. The molecule has 3 rings (SSSR count). The number of rotatable bonds is 14. The van der Waals surface area contributed by atoms with E-state index in [2.05, 4.69) is 5.32 Å². The van der Waals surface area contributed by atoms with Gasteiger partial charge in [-0.3, -0.25) is 9.59 Å². The van der Waals surface area contributed by atoms with Crippen molar-refractivity contribution in [3.8, 4) is 5.75 Å². The minimum Gasteiger partial charge on any atom is -0.484 e. The smallest absolute Gasteiger partial charge is 0.261 e. The molecule has 0 aliphatic carbocycles. The Balaban J connectivity index is 1.83. The van der Waals surface area contributed by atoms with Crippen molar-refractivity contribution in [3.05, 3.63) is 101 Å². The quantitative estimate of drug-likeness (QED) is 0.314. The number of hydrogen-bond acceptors (Lipinski definition) is 4. The molecule has 3 aromatic rings. The molecule has 0 unspecified atom stereocenters. The summed E-state index contributed by atoms with van der Waals surface area (Å²) in [7, 11) is 0. The summed E-state index contributed by atoms with van der Waals surface area (Å²) in [6, 6.07) is 25.4. The van der Waals surface area contributed by atoms with E-state index < -0.39 is 6.04 Å². The van der Waals surface area contributed by atoms with E-state index in [1.165, 1.54) is 0 Å². The Kier molecular flexibility index (Phi) is 11.3. The van der Waals surface area contributed by atoms with E-state index in [4.69, 9.17) is 21.1 Å². The Labute approximate surface area is 218 Å². The van der Waals surface area contributed by atoms with Crippen molar-refractivity contribution in [2.45, 2.75) is 32.4 Å². The van der Waals surface area contributed by atoms with Crippen molar-refractivity contribution < 1.29 is 19.1 Å². The van der Waals surface area contributed by atoms with E-state index in [1.54, 1.807) is 29.2 Å². The molecule has 1 atom stereocenters. The molecule has 0 aromatic heterocycles. The molecule has 0 fully saturated rings. The standard InChI is InChI=1S/C29H33ClN2O4/c1-2-35-19-9-18-31-29(34)27(20-23-10-5-3-6-11-23)32(21-24-14-16-25(30)17-15-24)28(33)22-36-26-12-7-4-8-13-26/h3-8,10-17,27H,2,9,18-22H2,1H3,(H,31,34)/t27-/m1/s1. The zero-order valence-electron chi connectivity index (χ0n) is 20.6. The topological polar surface area (TPSA) is 67.9 Å². The lowest BCUT2D eigenvalue weighted by Gasteiger charge is -2.31. The van der Waals surface area contributed by atoms with Gasteiger partial charge < -0.3 is 19.7 Å². The second-order valence-electron chi connectivity index (χ2n) is 8.30. The monoisotopic (exact) mass is 508 g/mol. The number of para-hydroxylation sites is 1. The van der Waals surface area contributed by atoms with Crippen molar-refractivity contribution in [2.24, 2.45) is 0 Å². The third-order valence-corrected chi connectivity index (χ3v) is 5.86. The highest BCUT2D eigenvalue weighted by molar-refractivity contribution is 6.30. The van der Waals surface area contributed by atoms with Gasteiger partial charge in [-0.05, 0) is 48.7 Å². The van der Waals surface area contributed by atoms with Crippen molar-refractivity contribution in [3.63, 3.8) is 0 Å². The van der Waals surface area contributed by atoms with E-state index in [0.29, 0.717) is 43.4 Å². The van der Waals surface area contributed by atoms with Crippen molar-refractivity contribution in [1.82, 2.24) is 10.2 Å². The second kappa shape index (κ2) is 14.9. The molecule has 0 aliphatic heterocycles. The number of carbonyl (C=O) groups is 2. The van der Waals surface area contributed by atoms with E-state index in [-0.39, 0.29) is 25.0 Å².